The second-order valence-electron chi connectivity index (χ2n) is 6.42. The van der Waals surface area contributed by atoms with Gasteiger partial charge in [0.2, 0.25) is 0 Å². The van der Waals surface area contributed by atoms with Crippen LogP contribution in [-0.2, 0) is 14.6 Å². The summed E-state index contributed by atoms with van der Waals surface area (Å²) in [5.41, 5.74) is 6.14. The van der Waals surface area contributed by atoms with Crippen LogP contribution in [0.3, 0.4) is 0 Å². The molecule has 0 aromatic rings. The van der Waals surface area contributed by atoms with Crippen LogP contribution < -0.4 is 5.73 Å². The average molecular weight is 317 g/mol. The molecular formula is C14H27N3O3S. The van der Waals surface area contributed by atoms with Gasteiger partial charge in [-0.3, -0.25) is 4.79 Å². The van der Waals surface area contributed by atoms with Crippen molar-refractivity contribution in [3.63, 3.8) is 0 Å². The third kappa shape index (κ3) is 4.78. The van der Waals surface area contributed by atoms with E-state index in [4.69, 9.17) is 5.73 Å². The van der Waals surface area contributed by atoms with Crippen LogP contribution in [0.5, 0.6) is 0 Å². The quantitative estimate of drug-likeness (QED) is 0.758. The predicted octanol–water partition coefficient (Wildman–Crippen LogP) is 1.02. The third-order valence-corrected chi connectivity index (χ3v) is 5.31. The maximum Gasteiger partial charge on any atom is 0.251 e. The van der Waals surface area contributed by atoms with Crippen molar-refractivity contribution in [1.29, 1.82) is 0 Å². The van der Waals surface area contributed by atoms with Gasteiger partial charge < -0.3 is 5.73 Å². The van der Waals surface area contributed by atoms with Crippen molar-refractivity contribution < 1.29 is 13.2 Å². The van der Waals surface area contributed by atoms with Crippen LogP contribution in [0.25, 0.3) is 0 Å². The van der Waals surface area contributed by atoms with E-state index in [2.05, 4.69) is 5.10 Å². The van der Waals surface area contributed by atoms with Gasteiger partial charge in [0.05, 0.1) is 23.9 Å². The number of sulfone groups is 1. The molecule has 0 aromatic carbocycles. The largest absolute Gasteiger partial charge is 0.330 e. The van der Waals surface area contributed by atoms with E-state index in [-0.39, 0.29) is 35.3 Å². The highest BCUT2D eigenvalue weighted by molar-refractivity contribution is 7.91. The molecular weight excluding hydrogens is 290 g/mol. The summed E-state index contributed by atoms with van der Waals surface area (Å²) in [5, 5.41) is 5.74. The molecule has 1 unspecified atom stereocenters. The Bertz CT molecular complexity index is 506. The van der Waals surface area contributed by atoms with Crippen molar-refractivity contribution in [2.24, 2.45) is 22.2 Å². The number of carbonyl (C=O) groups is 1. The monoisotopic (exact) mass is 317 g/mol. The van der Waals surface area contributed by atoms with Crippen molar-refractivity contribution in [1.82, 2.24) is 5.01 Å². The standard InChI is InChI=1S/C14H27N3O3S/c1-5-21(19,20)10-9-17-13(18)11(7-6-8-15)12(16-17)14(2,3)4/h11H,5-10,15H2,1-4H3. The van der Waals surface area contributed by atoms with E-state index < -0.39 is 9.84 Å². The molecule has 7 heteroatoms. The Morgan fingerprint density at radius 2 is 1.95 bits per heavy atom. The second kappa shape index (κ2) is 6.87. The van der Waals surface area contributed by atoms with Crippen LogP contribution in [-0.4, -0.2) is 49.6 Å². The topological polar surface area (TPSA) is 92.8 Å². The van der Waals surface area contributed by atoms with Gasteiger partial charge in [0.25, 0.3) is 5.91 Å². The fraction of sp³-hybridized carbons (Fsp3) is 0.857. The SMILES string of the molecule is CCS(=O)(=O)CCN1N=C(C(C)(C)C)C(CCCN)C1=O. The zero-order chi connectivity index (χ0) is 16.3. The third-order valence-electron chi connectivity index (χ3n) is 3.63. The van der Waals surface area contributed by atoms with Crippen molar-refractivity contribution in [3.05, 3.63) is 0 Å². The molecule has 1 amide bonds. The van der Waals surface area contributed by atoms with E-state index in [9.17, 15) is 13.2 Å². The van der Waals surface area contributed by atoms with E-state index in [0.29, 0.717) is 13.0 Å². The van der Waals surface area contributed by atoms with Gasteiger partial charge in [0.15, 0.2) is 9.84 Å². The maximum absolute atomic E-state index is 12.4. The lowest BCUT2D eigenvalue weighted by Crippen LogP contribution is -2.34. The van der Waals surface area contributed by atoms with Gasteiger partial charge in [-0.25, -0.2) is 13.4 Å². The lowest BCUT2D eigenvalue weighted by atomic mass is 9.80. The number of nitrogens with zero attached hydrogens (tertiary/aromatic N) is 2. The van der Waals surface area contributed by atoms with Crippen LogP contribution in [0, 0.1) is 11.3 Å². The van der Waals surface area contributed by atoms with Gasteiger partial charge in [-0.15, -0.1) is 0 Å². The molecule has 6 nitrogen and oxygen atoms in total. The number of amides is 1. The molecule has 2 N–H and O–H groups in total. The summed E-state index contributed by atoms with van der Waals surface area (Å²) in [6.45, 7) is 8.32. The number of hydrogen-bond donors (Lipinski definition) is 1. The summed E-state index contributed by atoms with van der Waals surface area (Å²) in [5.74, 6) is -0.320. The first-order valence-corrected chi connectivity index (χ1v) is 9.25. The van der Waals surface area contributed by atoms with Gasteiger partial charge in [-0.1, -0.05) is 27.7 Å². The molecule has 0 bridgehead atoms. The number of hydrazone groups is 1. The smallest absolute Gasteiger partial charge is 0.251 e. The highest BCUT2D eigenvalue weighted by Crippen LogP contribution is 2.31. The van der Waals surface area contributed by atoms with Crippen LogP contribution in [0.2, 0.25) is 0 Å². The van der Waals surface area contributed by atoms with Gasteiger partial charge in [-0.05, 0) is 19.4 Å². The van der Waals surface area contributed by atoms with E-state index >= 15 is 0 Å². The summed E-state index contributed by atoms with van der Waals surface area (Å²) < 4.78 is 23.2. The Labute approximate surface area is 127 Å². The summed E-state index contributed by atoms with van der Waals surface area (Å²) in [4.78, 5) is 12.4. The van der Waals surface area contributed by atoms with E-state index in [1.165, 1.54) is 5.01 Å². The first-order chi connectivity index (χ1) is 9.62. The summed E-state index contributed by atoms with van der Waals surface area (Å²) >= 11 is 0. The van der Waals surface area contributed by atoms with Crippen molar-refractivity contribution >= 4 is 21.5 Å². The molecule has 0 saturated heterocycles. The number of carbonyl (C=O) groups excluding carboxylic acids is 1. The predicted molar refractivity (Wildman–Crippen MR) is 84.7 cm³/mol. The molecule has 0 saturated carbocycles. The Morgan fingerprint density at radius 3 is 2.43 bits per heavy atom. The van der Waals surface area contributed by atoms with E-state index in [1.54, 1.807) is 6.92 Å². The summed E-state index contributed by atoms with van der Waals surface area (Å²) in [6.07, 6.45) is 1.43. The van der Waals surface area contributed by atoms with Crippen LogP contribution in [0.15, 0.2) is 5.10 Å². The number of hydrogen-bond acceptors (Lipinski definition) is 5. The Kier molecular flexibility index (Phi) is 5.92. The molecule has 1 atom stereocenters. The van der Waals surface area contributed by atoms with Crippen LogP contribution >= 0.6 is 0 Å². The molecule has 0 radical (unpaired) electrons. The van der Waals surface area contributed by atoms with Gasteiger partial charge in [-0.2, -0.15) is 5.10 Å². The normalized spacial score (nSPS) is 20.0. The fourth-order valence-corrected chi connectivity index (χ4v) is 3.07. The maximum atomic E-state index is 12.4. The number of nitrogens with two attached hydrogens (primary N) is 1. The molecule has 0 spiro atoms. The second-order valence-corrected chi connectivity index (χ2v) is 8.89. The molecule has 1 heterocycles. The van der Waals surface area contributed by atoms with Crippen molar-refractivity contribution in [2.75, 3.05) is 24.6 Å². The van der Waals surface area contributed by atoms with E-state index in [0.717, 1.165) is 12.1 Å². The fourth-order valence-electron chi connectivity index (χ4n) is 2.33. The molecule has 0 aliphatic carbocycles. The van der Waals surface area contributed by atoms with Crippen LogP contribution in [0.4, 0.5) is 0 Å². The summed E-state index contributed by atoms with van der Waals surface area (Å²) in [7, 11) is -3.10. The minimum Gasteiger partial charge on any atom is -0.330 e. The number of rotatable bonds is 7. The van der Waals surface area contributed by atoms with Gasteiger partial charge in [0, 0.05) is 11.2 Å². The lowest BCUT2D eigenvalue weighted by Gasteiger charge is -2.22. The molecule has 0 aromatic heterocycles. The zero-order valence-electron chi connectivity index (χ0n) is 13.4. The lowest BCUT2D eigenvalue weighted by molar-refractivity contribution is -0.131. The highest BCUT2D eigenvalue weighted by atomic mass is 32.2. The van der Waals surface area contributed by atoms with Crippen molar-refractivity contribution in [3.8, 4) is 0 Å². The van der Waals surface area contributed by atoms with Gasteiger partial charge >= 0.3 is 0 Å². The van der Waals surface area contributed by atoms with Crippen LogP contribution in [0.1, 0.15) is 40.5 Å². The molecule has 21 heavy (non-hydrogen) atoms. The molecule has 1 rings (SSSR count). The molecule has 0 fully saturated rings. The summed E-state index contributed by atoms with van der Waals surface area (Å²) in [6, 6.07) is 0. The first kappa shape index (κ1) is 18.1. The Balaban J connectivity index is 2.87. The molecule has 122 valence electrons. The molecule has 1 aliphatic rings. The average Bonchev–Trinajstić information content (AvgIpc) is 2.71. The van der Waals surface area contributed by atoms with E-state index in [1.807, 2.05) is 20.8 Å². The van der Waals surface area contributed by atoms with Crippen molar-refractivity contribution in [2.45, 2.75) is 40.5 Å². The molecule has 1 aliphatic heterocycles. The Morgan fingerprint density at radius 1 is 1.33 bits per heavy atom. The minimum atomic E-state index is -3.10. The first-order valence-electron chi connectivity index (χ1n) is 7.43. The minimum absolute atomic E-state index is 0.0419. The zero-order valence-corrected chi connectivity index (χ0v) is 14.2. The highest BCUT2D eigenvalue weighted by Gasteiger charge is 2.40. The van der Waals surface area contributed by atoms with Gasteiger partial charge in [0.1, 0.15) is 0 Å². The Hall–Kier alpha value is -0.950.